The van der Waals surface area contributed by atoms with Crippen molar-refractivity contribution in [3.05, 3.63) is 28.8 Å². The number of urea groups is 1. The monoisotopic (exact) mass is 475 g/mol. The highest BCUT2D eigenvalue weighted by Gasteiger charge is 2.34. The van der Waals surface area contributed by atoms with Crippen molar-refractivity contribution in [2.24, 2.45) is 0 Å². The minimum atomic E-state index is -3.99. The van der Waals surface area contributed by atoms with Gasteiger partial charge in [0.05, 0.1) is 22.8 Å². The highest BCUT2D eigenvalue weighted by molar-refractivity contribution is 7.89. The van der Waals surface area contributed by atoms with Crippen LogP contribution in [0.3, 0.4) is 0 Å². The molecule has 1 aliphatic heterocycles. The minimum Gasteiger partial charge on any atom is -0.452 e. The fourth-order valence-electron chi connectivity index (χ4n) is 2.97. The van der Waals surface area contributed by atoms with Gasteiger partial charge < -0.3 is 14.8 Å². The van der Waals surface area contributed by atoms with Gasteiger partial charge in [0.2, 0.25) is 10.0 Å². The van der Waals surface area contributed by atoms with Crippen LogP contribution in [0, 0.1) is 0 Å². The molecule has 2 unspecified atom stereocenters. The third-order valence-corrected chi connectivity index (χ3v) is 6.49. The lowest BCUT2D eigenvalue weighted by molar-refractivity contribution is -0.123. The number of amides is 3. The summed E-state index contributed by atoms with van der Waals surface area (Å²) in [6.07, 6.45) is -0.589. The van der Waals surface area contributed by atoms with Crippen molar-refractivity contribution >= 4 is 39.5 Å². The summed E-state index contributed by atoms with van der Waals surface area (Å²) in [5.74, 6) is -1.76. The number of morpholine rings is 1. The maximum atomic E-state index is 13.1. The Hall–Kier alpha value is -2.21. The van der Waals surface area contributed by atoms with E-state index >= 15 is 0 Å². The van der Waals surface area contributed by atoms with Gasteiger partial charge in [-0.3, -0.25) is 10.1 Å². The predicted octanol–water partition coefficient (Wildman–Crippen LogP) is 1.53. The zero-order chi connectivity index (χ0) is 23.3. The van der Waals surface area contributed by atoms with Crippen LogP contribution in [-0.4, -0.2) is 68.6 Å². The molecule has 31 heavy (non-hydrogen) atoms. The Labute approximate surface area is 186 Å². The number of benzene rings is 1. The smallest absolute Gasteiger partial charge is 0.338 e. The Balaban J connectivity index is 2.10. The summed E-state index contributed by atoms with van der Waals surface area (Å²) >= 11 is 6.11. The third-order valence-electron chi connectivity index (χ3n) is 4.18. The van der Waals surface area contributed by atoms with Crippen LogP contribution in [0.5, 0.6) is 0 Å². The third kappa shape index (κ3) is 6.89. The Morgan fingerprint density at radius 2 is 1.84 bits per heavy atom. The van der Waals surface area contributed by atoms with E-state index in [1.165, 1.54) is 16.4 Å². The van der Waals surface area contributed by atoms with Crippen LogP contribution in [0.25, 0.3) is 0 Å². The number of nitrogens with zero attached hydrogens (tertiary/aromatic N) is 1. The second-order valence-electron chi connectivity index (χ2n) is 7.48. The molecule has 172 valence electrons. The average molecular weight is 476 g/mol. The summed E-state index contributed by atoms with van der Waals surface area (Å²) < 4.78 is 37.8. The number of sulfonamides is 1. The van der Waals surface area contributed by atoms with E-state index in [0.717, 1.165) is 6.07 Å². The first kappa shape index (κ1) is 25.1. The number of imide groups is 1. The molecule has 1 aromatic carbocycles. The molecule has 1 aromatic rings. The lowest BCUT2D eigenvalue weighted by atomic mass is 10.2. The molecular formula is C19H26ClN3O7S. The molecule has 1 fully saturated rings. The number of hydrogen-bond donors (Lipinski definition) is 2. The first-order valence-corrected chi connectivity index (χ1v) is 11.4. The number of halogens is 1. The molecule has 0 aliphatic carbocycles. The Morgan fingerprint density at radius 3 is 2.42 bits per heavy atom. The zero-order valence-electron chi connectivity index (χ0n) is 17.7. The number of rotatable bonds is 6. The first-order valence-electron chi connectivity index (χ1n) is 9.62. The van der Waals surface area contributed by atoms with Crippen LogP contribution >= 0.6 is 11.6 Å². The molecule has 2 N–H and O–H groups in total. The van der Waals surface area contributed by atoms with Gasteiger partial charge in [-0.25, -0.2) is 18.0 Å². The van der Waals surface area contributed by atoms with Crippen molar-refractivity contribution in [3.63, 3.8) is 0 Å². The van der Waals surface area contributed by atoms with E-state index < -0.39 is 34.5 Å². The molecule has 10 nitrogen and oxygen atoms in total. The van der Waals surface area contributed by atoms with Gasteiger partial charge in [0.15, 0.2) is 6.61 Å². The number of hydrogen-bond acceptors (Lipinski definition) is 7. The number of carbonyl (C=O) groups is 3. The molecule has 3 amide bonds. The molecule has 2 atom stereocenters. The number of carbonyl (C=O) groups excluding carboxylic acids is 3. The largest absolute Gasteiger partial charge is 0.452 e. The van der Waals surface area contributed by atoms with Crippen LogP contribution in [0.15, 0.2) is 23.1 Å². The molecule has 0 radical (unpaired) electrons. The van der Waals surface area contributed by atoms with Crippen molar-refractivity contribution in [3.8, 4) is 0 Å². The molecule has 1 heterocycles. The van der Waals surface area contributed by atoms with Crippen LogP contribution in [0.1, 0.15) is 38.1 Å². The fraction of sp³-hybridized carbons (Fsp3) is 0.526. The second kappa shape index (κ2) is 10.4. The van der Waals surface area contributed by atoms with E-state index in [9.17, 15) is 22.8 Å². The van der Waals surface area contributed by atoms with Crippen molar-refractivity contribution in [2.75, 3.05) is 19.7 Å². The topological polar surface area (TPSA) is 131 Å². The number of esters is 1. The lowest BCUT2D eigenvalue weighted by Gasteiger charge is -2.34. The van der Waals surface area contributed by atoms with Gasteiger partial charge in [-0.1, -0.05) is 11.6 Å². The van der Waals surface area contributed by atoms with E-state index in [4.69, 9.17) is 21.1 Å². The van der Waals surface area contributed by atoms with E-state index in [1.54, 1.807) is 27.7 Å². The van der Waals surface area contributed by atoms with Crippen LogP contribution in [-0.2, 0) is 24.3 Å². The van der Waals surface area contributed by atoms with Gasteiger partial charge in [-0.15, -0.1) is 0 Å². The van der Waals surface area contributed by atoms with Gasteiger partial charge in [-0.2, -0.15) is 4.31 Å². The summed E-state index contributed by atoms with van der Waals surface area (Å²) in [7, 11) is -3.99. The van der Waals surface area contributed by atoms with Gasteiger partial charge in [-0.05, 0) is 45.9 Å². The molecule has 1 aliphatic rings. The lowest BCUT2D eigenvalue weighted by Crippen LogP contribution is -2.48. The number of nitrogens with one attached hydrogen (secondary N) is 2. The van der Waals surface area contributed by atoms with Crippen molar-refractivity contribution in [2.45, 2.75) is 50.8 Å². The molecular weight excluding hydrogens is 450 g/mol. The summed E-state index contributed by atoms with van der Waals surface area (Å²) in [5.41, 5.74) is -0.100. The maximum absolute atomic E-state index is 13.1. The van der Waals surface area contributed by atoms with Gasteiger partial charge in [0.25, 0.3) is 5.91 Å². The second-order valence-corrected chi connectivity index (χ2v) is 9.79. The zero-order valence-corrected chi connectivity index (χ0v) is 19.2. The average Bonchev–Trinajstić information content (AvgIpc) is 2.64. The van der Waals surface area contributed by atoms with Gasteiger partial charge in [0.1, 0.15) is 4.90 Å². The maximum Gasteiger partial charge on any atom is 0.338 e. The Bertz CT molecular complexity index is 942. The normalized spacial score (nSPS) is 19.7. The highest BCUT2D eigenvalue weighted by atomic mass is 35.5. The number of ether oxygens (including phenoxy) is 2. The first-order chi connectivity index (χ1) is 14.4. The minimum absolute atomic E-state index is 0.0496. The molecule has 0 bridgehead atoms. The fourth-order valence-corrected chi connectivity index (χ4v) is 5.06. The van der Waals surface area contributed by atoms with Gasteiger partial charge in [0, 0.05) is 19.1 Å². The van der Waals surface area contributed by atoms with Crippen molar-refractivity contribution < 1.29 is 32.3 Å². The van der Waals surface area contributed by atoms with Crippen molar-refractivity contribution in [1.29, 1.82) is 0 Å². The SMILES string of the molecule is CC(C)NC(=O)NC(=O)COC(=O)c1ccc(Cl)c(S(=O)(=O)N2CC(C)OC(C)C2)c1. The standard InChI is InChI=1S/C19H26ClN3O7S/c1-11(2)21-19(26)22-17(24)10-29-18(25)14-5-6-15(20)16(7-14)31(27,28)23-8-12(3)30-13(4)9-23/h5-7,11-13H,8-10H2,1-4H3,(H2,21,22,24,26). The van der Waals surface area contributed by atoms with Crippen LogP contribution in [0.2, 0.25) is 5.02 Å². The highest BCUT2D eigenvalue weighted by Crippen LogP contribution is 2.28. The van der Waals surface area contributed by atoms with Crippen molar-refractivity contribution in [1.82, 2.24) is 14.9 Å². The molecule has 0 spiro atoms. The summed E-state index contributed by atoms with van der Waals surface area (Å²) in [6.45, 7) is 6.54. The summed E-state index contributed by atoms with van der Waals surface area (Å²) in [5, 5.41) is 4.42. The van der Waals surface area contributed by atoms with Gasteiger partial charge >= 0.3 is 12.0 Å². The predicted molar refractivity (Wildman–Crippen MR) is 112 cm³/mol. The molecule has 1 saturated heterocycles. The van der Waals surface area contributed by atoms with E-state index in [0.29, 0.717) is 0 Å². The van der Waals surface area contributed by atoms with E-state index in [-0.39, 0.29) is 46.8 Å². The molecule has 0 saturated carbocycles. The van der Waals surface area contributed by atoms with E-state index in [1.807, 2.05) is 5.32 Å². The molecule has 0 aromatic heterocycles. The molecule has 12 heteroatoms. The van der Waals surface area contributed by atoms with Crippen LogP contribution in [0.4, 0.5) is 4.79 Å². The Morgan fingerprint density at radius 1 is 1.23 bits per heavy atom. The van der Waals surface area contributed by atoms with E-state index in [2.05, 4.69) is 5.32 Å². The summed E-state index contributed by atoms with van der Waals surface area (Å²) in [4.78, 5) is 35.3. The quantitative estimate of drug-likeness (QED) is 0.596. The summed E-state index contributed by atoms with van der Waals surface area (Å²) in [6, 6.07) is 2.77. The molecule has 2 rings (SSSR count). The Kier molecular flexibility index (Phi) is 8.41. The van der Waals surface area contributed by atoms with Crippen LogP contribution < -0.4 is 10.6 Å².